The van der Waals surface area contributed by atoms with E-state index in [-0.39, 0.29) is 29.8 Å². The Hall–Kier alpha value is -3.54. The summed E-state index contributed by atoms with van der Waals surface area (Å²) in [6, 6.07) is 14.5. The molecule has 2 fully saturated rings. The molecule has 0 bridgehead atoms. The van der Waals surface area contributed by atoms with Gasteiger partial charge >= 0.3 is 12.1 Å². The number of carbonyl (C=O) groups is 3. The Morgan fingerprint density at radius 2 is 1.45 bits per heavy atom. The first-order valence-electron chi connectivity index (χ1n) is 14.9. The summed E-state index contributed by atoms with van der Waals surface area (Å²) in [5, 5.41) is 7.12. The highest BCUT2D eigenvalue weighted by molar-refractivity contribution is 5.79. The van der Waals surface area contributed by atoms with Crippen LogP contribution in [0.2, 0.25) is 0 Å². The van der Waals surface area contributed by atoms with Crippen molar-refractivity contribution in [2.24, 2.45) is 11.8 Å². The first kappa shape index (κ1) is 34.9. The molecule has 0 unspecified atom stereocenters. The zero-order valence-electron chi connectivity index (χ0n) is 24.9. The van der Waals surface area contributed by atoms with E-state index in [0.717, 1.165) is 45.3 Å². The number of alkyl halides is 3. The normalized spacial score (nSPS) is 16.6. The van der Waals surface area contributed by atoms with Crippen molar-refractivity contribution < 1.29 is 41.4 Å². The SMILES string of the molecule is CC(=O)N1CCC(C(=O)N(CCCN2CCC(Cc3ccccc3)CC2)Cc2c(F)cccc2F)CC1.O=C(O)C(F)(F)F. The van der Waals surface area contributed by atoms with Crippen molar-refractivity contribution in [2.45, 2.75) is 58.2 Å². The van der Waals surface area contributed by atoms with Gasteiger partial charge in [0.15, 0.2) is 0 Å². The number of carboxylic acid groups (broad SMARTS) is 1. The molecule has 7 nitrogen and oxygen atoms in total. The molecule has 0 atom stereocenters. The minimum atomic E-state index is -5.08. The van der Waals surface area contributed by atoms with Crippen LogP contribution >= 0.6 is 0 Å². The Bertz CT molecular complexity index is 1210. The highest BCUT2D eigenvalue weighted by atomic mass is 19.4. The van der Waals surface area contributed by atoms with Gasteiger partial charge in [-0.3, -0.25) is 9.59 Å². The van der Waals surface area contributed by atoms with Crippen LogP contribution in [0.4, 0.5) is 22.0 Å². The monoisotopic (exact) mass is 625 g/mol. The van der Waals surface area contributed by atoms with E-state index in [1.807, 2.05) is 0 Å². The van der Waals surface area contributed by atoms with Gasteiger partial charge in [-0.05, 0) is 81.8 Å². The average molecular weight is 626 g/mol. The molecule has 12 heteroatoms. The standard InChI is InChI=1S/C30H39F2N3O2.C2HF3O2/c1-23(36)34-19-13-26(14-20-34)30(37)35(22-27-28(31)9-5-10-29(27)32)16-6-15-33-17-11-25(12-18-33)21-24-7-3-2-4-8-24;3-2(4,5)1(6)7/h2-5,7-10,25-26H,6,11-22H2,1H3;(H,6,7). The molecule has 2 saturated heterocycles. The minimum absolute atomic E-state index is 0.0173. The van der Waals surface area contributed by atoms with Gasteiger partial charge < -0.3 is 19.8 Å². The Balaban J connectivity index is 0.000000676. The van der Waals surface area contributed by atoms with Crippen LogP contribution in [0.5, 0.6) is 0 Å². The van der Waals surface area contributed by atoms with Gasteiger partial charge in [0.2, 0.25) is 11.8 Å². The number of nitrogens with zero attached hydrogens (tertiary/aromatic N) is 3. The minimum Gasteiger partial charge on any atom is -0.475 e. The van der Waals surface area contributed by atoms with E-state index in [0.29, 0.717) is 38.4 Å². The molecule has 44 heavy (non-hydrogen) atoms. The van der Waals surface area contributed by atoms with Crippen LogP contribution in [0.1, 0.15) is 50.2 Å². The molecule has 0 spiro atoms. The van der Waals surface area contributed by atoms with Gasteiger partial charge in [-0.15, -0.1) is 0 Å². The van der Waals surface area contributed by atoms with Crippen LogP contribution in [-0.4, -0.2) is 83.0 Å². The lowest BCUT2D eigenvalue weighted by Gasteiger charge is -2.35. The Morgan fingerprint density at radius 3 is 1.98 bits per heavy atom. The maximum absolute atomic E-state index is 14.4. The Morgan fingerprint density at radius 1 is 0.886 bits per heavy atom. The second-order valence-electron chi connectivity index (χ2n) is 11.4. The number of carboxylic acids is 1. The molecular weight excluding hydrogens is 585 g/mol. The third-order valence-electron chi connectivity index (χ3n) is 8.23. The first-order chi connectivity index (χ1) is 20.8. The maximum atomic E-state index is 14.4. The summed E-state index contributed by atoms with van der Waals surface area (Å²) < 4.78 is 60.6. The van der Waals surface area contributed by atoms with E-state index in [9.17, 15) is 31.5 Å². The third-order valence-corrected chi connectivity index (χ3v) is 8.23. The predicted octanol–water partition coefficient (Wildman–Crippen LogP) is 5.53. The number of aliphatic carboxylic acids is 1. The van der Waals surface area contributed by atoms with Crippen molar-refractivity contribution in [3.05, 3.63) is 71.3 Å². The van der Waals surface area contributed by atoms with Crippen LogP contribution < -0.4 is 0 Å². The summed E-state index contributed by atoms with van der Waals surface area (Å²) in [7, 11) is 0. The molecule has 1 N–H and O–H groups in total. The van der Waals surface area contributed by atoms with E-state index in [1.54, 1.807) is 16.7 Å². The molecule has 0 aromatic heterocycles. The van der Waals surface area contributed by atoms with Crippen molar-refractivity contribution in [1.29, 1.82) is 0 Å². The largest absolute Gasteiger partial charge is 0.490 e. The topological polar surface area (TPSA) is 81.2 Å². The van der Waals surface area contributed by atoms with E-state index in [4.69, 9.17) is 9.90 Å². The second-order valence-corrected chi connectivity index (χ2v) is 11.4. The summed E-state index contributed by atoms with van der Waals surface area (Å²) >= 11 is 0. The number of likely N-dealkylation sites (tertiary alicyclic amines) is 2. The predicted molar refractivity (Wildman–Crippen MR) is 154 cm³/mol. The van der Waals surface area contributed by atoms with Gasteiger partial charge in [-0.25, -0.2) is 13.6 Å². The molecule has 2 aliphatic rings. The fraction of sp³-hybridized carbons (Fsp3) is 0.531. The molecule has 2 aromatic rings. The zero-order valence-corrected chi connectivity index (χ0v) is 24.9. The Labute approximate surface area is 254 Å². The van der Waals surface area contributed by atoms with Crippen LogP contribution in [0, 0.1) is 23.5 Å². The number of amides is 2. The molecule has 0 aliphatic carbocycles. The third kappa shape index (κ3) is 10.9. The van der Waals surface area contributed by atoms with Gasteiger partial charge in [-0.1, -0.05) is 36.4 Å². The maximum Gasteiger partial charge on any atom is 0.490 e. The van der Waals surface area contributed by atoms with E-state index < -0.39 is 23.8 Å². The number of carbonyl (C=O) groups excluding carboxylic acids is 2. The molecule has 0 radical (unpaired) electrons. The smallest absolute Gasteiger partial charge is 0.475 e. The molecule has 242 valence electrons. The number of rotatable bonds is 9. The number of hydrogen-bond donors (Lipinski definition) is 1. The van der Waals surface area contributed by atoms with E-state index in [1.165, 1.54) is 23.8 Å². The number of piperidine rings is 2. The molecule has 2 heterocycles. The van der Waals surface area contributed by atoms with Gasteiger partial charge in [0.05, 0.1) is 6.54 Å². The van der Waals surface area contributed by atoms with Crippen LogP contribution in [0.3, 0.4) is 0 Å². The summed E-state index contributed by atoms with van der Waals surface area (Å²) in [6.07, 6.45) is 0.289. The van der Waals surface area contributed by atoms with Gasteiger partial charge in [0.1, 0.15) is 11.6 Å². The highest BCUT2D eigenvalue weighted by Gasteiger charge is 2.38. The lowest BCUT2D eigenvalue weighted by Crippen LogP contribution is -2.44. The van der Waals surface area contributed by atoms with Crippen molar-refractivity contribution >= 4 is 17.8 Å². The molecule has 2 aromatic carbocycles. The van der Waals surface area contributed by atoms with Gasteiger partial charge in [0.25, 0.3) is 0 Å². The van der Waals surface area contributed by atoms with Crippen molar-refractivity contribution in [3.63, 3.8) is 0 Å². The van der Waals surface area contributed by atoms with Gasteiger partial charge in [-0.2, -0.15) is 13.2 Å². The lowest BCUT2D eigenvalue weighted by molar-refractivity contribution is -0.192. The zero-order chi connectivity index (χ0) is 32.3. The van der Waals surface area contributed by atoms with Crippen molar-refractivity contribution in [2.75, 3.05) is 39.3 Å². The molecular formula is C32H40F5N3O4. The van der Waals surface area contributed by atoms with Gasteiger partial charge in [0, 0.05) is 38.0 Å². The fourth-order valence-electron chi connectivity index (χ4n) is 5.69. The van der Waals surface area contributed by atoms with Crippen LogP contribution in [0.25, 0.3) is 0 Å². The van der Waals surface area contributed by atoms with Crippen LogP contribution in [0.15, 0.2) is 48.5 Å². The molecule has 4 rings (SSSR count). The van der Waals surface area contributed by atoms with Crippen molar-refractivity contribution in [3.8, 4) is 0 Å². The average Bonchev–Trinajstić information content (AvgIpc) is 2.99. The summed E-state index contributed by atoms with van der Waals surface area (Å²) in [5.41, 5.74) is 1.34. The van der Waals surface area contributed by atoms with E-state index in [2.05, 4.69) is 35.2 Å². The molecule has 2 amide bonds. The van der Waals surface area contributed by atoms with E-state index >= 15 is 0 Å². The molecule has 0 saturated carbocycles. The second kappa shape index (κ2) is 16.5. The molecule has 2 aliphatic heterocycles. The lowest BCUT2D eigenvalue weighted by atomic mass is 9.90. The number of hydrogen-bond acceptors (Lipinski definition) is 4. The highest BCUT2D eigenvalue weighted by Crippen LogP contribution is 2.24. The quantitative estimate of drug-likeness (QED) is 0.371. The number of benzene rings is 2. The first-order valence-corrected chi connectivity index (χ1v) is 14.9. The summed E-state index contributed by atoms with van der Waals surface area (Å²) in [5.74, 6) is -3.57. The van der Waals surface area contributed by atoms with Crippen molar-refractivity contribution in [1.82, 2.24) is 14.7 Å². The fourth-order valence-corrected chi connectivity index (χ4v) is 5.69. The summed E-state index contributed by atoms with van der Waals surface area (Å²) in [4.78, 5) is 39.9. The number of halogens is 5. The van der Waals surface area contributed by atoms with Crippen LogP contribution in [-0.2, 0) is 27.3 Å². The summed E-state index contributed by atoms with van der Waals surface area (Å²) in [6.45, 7) is 5.97. The Kier molecular flexibility index (Phi) is 13.1.